The molecule has 0 unspecified atom stereocenters. The topological polar surface area (TPSA) is 84.9 Å². The second-order valence-corrected chi connectivity index (χ2v) is 8.21. The van der Waals surface area contributed by atoms with Crippen LogP contribution in [0.1, 0.15) is 0 Å². The lowest BCUT2D eigenvalue weighted by atomic mass is 10.3. The predicted octanol–water partition coefficient (Wildman–Crippen LogP) is 2.38. The van der Waals surface area contributed by atoms with Gasteiger partial charge in [0.1, 0.15) is 5.75 Å². The van der Waals surface area contributed by atoms with E-state index in [4.69, 9.17) is 21.1 Å². The van der Waals surface area contributed by atoms with Gasteiger partial charge < -0.3 is 14.8 Å². The van der Waals surface area contributed by atoms with Gasteiger partial charge in [-0.05, 0) is 48.5 Å². The highest BCUT2D eigenvalue weighted by Crippen LogP contribution is 2.20. The fourth-order valence-corrected chi connectivity index (χ4v) is 4.06. The molecule has 0 radical (unpaired) electrons. The number of hydrogen-bond donors (Lipinski definition) is 1. The lowest BCUT2D eigenvalue weighted by Crippen LogP contribution is -2.40. The lowest BCUT2D eigenvalue weighted by Gasteiger charge is -2.26. The number of amides is 1. The monoisotopic (exact) mass is 410 g/mol. The van der Waals surface area contributed by atoms with E-state index in [1.807, 2.05) is 0 Å². The van der Waals surface area contributed by atoms with Crippen LogP contribution in [0, 0.1) is 0 Å². The number of carbonyl (C=O) groups excluding carboxylic acids is 1. The van der Waals surface area contributed by atoms with Crippen molar-refractivity contribution < 1.29 is 22.7 Å². The molecule has 0 aliphatic carbocycles. The second kappa shape index (κ2) is 8.71. The van der Waals surface area contributed by atoms with Gasteiger partial charge >= 0.3 is 0 Å². The van der Waals surface area contributed by atoms with E-state index in [-0.39, 0.29) is 17.4 Å². The number of ether oxygens (including phenoxy) is 2. The lowest BCUT2D eigenvalue weighted by molar-refractivity contribution is -0.118. The minimum Gasteiger partial charge on any atom is -0.484 e. The van der Waals surface area contributed by atoms with E-state index in [9.17, 15) is 13.2 Å². The summed E-state index contributed by atoms with van der Waals surface area (Å²) in [6.07, 6.45) is 0. The van der Waals surface area contributed by atoms with E-state index < -0.39 is 10.0 Å². The third-order valence-electron chi connectivity index (χ3n) is 3.93. The molecule has 1 amide bonds. The van der Waals surface area contributed by atoms with Crippen molar-refractivity contribution in [1.82, 2.24) is 4.31 Å². The highest BCUT2D eigenvalue weighted by molar-refractivity contribution is 7.89. The van der Waals surface area contributed by atoms with Crippen LogP contribution in [-0.2, 0) is 19.6 Å². The van der Waals surface area contributed by atoms with Gasteiger partial charge in [-0.25, -0.2) is 8.42 Å². The predicted molar refractivity (Wildman–Crippen MR) is 102 cm³/mol. The summed E-state index contributed by atoms with van der Waals surface area (Å²) in [6.45, 7) is 1.27. The van der Waals surface area contributed by atoms with Crippen molar-refractivity contribution in [3.63, 3.8) is 0 Å². The first-order chi connectivity index (χ1) is 12.9. The molecule has 2 aromatic carbocycles. The van der Waals surface area contributed by atoms with Gasteiger partial charge in [-0.3, -0.25) is 4.79 Å². The van der Waals surface area contributed by atoms with Crippen molar-refractivity contribution >= 4 is 33.2 Å². The van der Waals surface area contributed by atoms with Crippen molar-refractivity contribution in [2.24, 2.45) is 0 Å². The molecule has 0 aromatic heterocycles. The highest BCUT2D eigenvalue weighted by atomic mass is 35.5. The number of halogens is 1. The minimum absolute atomic E-state index is 0.183. The van der Waals surface area contributed by atoms with Gasteiger partial charge in [-0.1, -0.05) is 11.6 Å². The maximum absolute atomic E-state index is 12.5. The number of rotatable bonds is 6. The van der Waals surface area contributed by atoms with E-state index in [1.165, 1.54) is 28.6 Å². The van der Waals surface area contributed by atoms with Gasteiger partial charge in [-0.15, -0.1) is 0 Å². The summed E-state index contributed by atoms with van der Waals surface area (Å²) in [5.41, 5.74) is 0.611. The third-order valence-corrected chi connectivity index (χ3v) is 6.09. The van der Waals surface area contributed by atoms with Crippen molar-refractivity contribution in [2.75, 3.05) is 38.2 Å². The summed E-state index contributed by atoms with van der Waals surface area (Å²) in [5.74, 6) is 0.0736. The molecule has 7 nitrogen and oxygen atoms in total. The Morgan fingerprint density at radius 2 is 1.70 bits per heavy atom. The minimum atomic E-state index is -3.55. The third kappa shape index (κ3) is 5.20. The van der Waals surface area contributed by atoms with Crippen LogP contribution < -0.4 is 10.1 Å². The standard InChI is InChI=1S/C18H19ClN2O5S/c19-14-1-3-15(4-2-14)20-18(22)13-26-16-5-7-17(8-6-16)27(23,24)21-9-11-25-12-10-21/h1-8H,9-13H2,(H,20,22). The molecule has 144 valence electrons. The molecule has 2 aromatic rings. The van der Waals surface area contributed by atoms with Crippen molar-refractivity contribution in [1.29, 1.82) is 0 Å². The van der Waals surface area contributed by atoms with E-state index >= 15 is 0 Å². The van der Waals surface area contributed by atoms with E-state index in [0.29, 0.717) is 42.8 Å². The Kier molecular flexibility index (Phi) is 6.33. The summed E-state index contributed by atoms with van der Waals surface area (Å²) in [6, 6.07) is 12.7. The molecule has 1 heterocycles. The Hall–Kier alpha value is -2.13. The number of nitrogens with one attached hydrogen (secondary N) is 1. The molecule has 0 atom stereocenters. The van der Waals surface area contributed by atoms with Gasteiger partial charge in [0.05, 0.1) is 18.1 Å². The summed E-state index contributed by atoms with van der Waals surface area (Å²) in [5, 5.41) is 3.26. The van der Waals surface area contributed by atoms with Crippen LogP contribution in [0.2, 0.25) is 5.02 Å². The summed E-state index contributed by atoms with van der Waals surface area (Å²) >= 11 is 5.79. The zero-order chi connectivity index (χ0) is 19.3. The van der Waals surface area contributed by atoms with Crippen LogP contribution >= 0.6 is 11.6 Å². The van der Waals surface area contributed by atoms with Crippen molar-refractivity contribution in [2.45, 2.75) is 4.90 Å². The molecular weight excluding hydrogens is 392 g/mol. The van der Waals surface area contributed by atoms with Crippen LogP contribution in [-0.4, -0.2) is 51.5 Å². The van der Waals surface area contributed by atoms with E-state index in [0.717, 1.165) is 0 Å². The number of carbonyl (C=O) groups is 1. The average Bonchev–Trinajstić information content (AvgIpc) is 2.69. The van der Waals surface area contributed by atoms with Gasteiger partial charge in [0.15, 0.2) is 6.61 Å². The van der Waals surface area contributed by atoms with Gasteiger partial charge in [0.25, 0.3) is 5.91 Å². The molecule has 0 saturated carbocycles. The number of anilines is 1. The number of morpholine rings is 1. The van der Waals surface area contributed by atoms with E-state index in [1.54, 1.807) is 24.3 Å². The highest BCUT2D eigenvalue weighted by Gasteiger charge is 2.26. The molecule has 1 saturated heterocycles. The number of benzene rings is 2. The first-order valence-electron chi connectivity index (χ1n) is 8.31. The maximum Gasteiger partial charge on any atom is 0.262 e. The smallest absolute Gasteiger partial charge is 0.262 e. The molecule has 0 bridgehead atoms. The Bertz CT molecular complexity index is 879. The average molecular weight is 411 g/mol. The Morgan fingerprint density at radius 1 is 1.07 bits per heavy atom. The van der Waals surface area contributed by atoms with Crippen LogP contribution in [0.5, 0.6) is 5.75 Å². The first-order valence-corrected chi connectivity index (χ1v) is 10.1. The summed E-state index contributed by atoms with van der Waals surface area (Å²) in [4.78, 5) is 12.1. The van der Waals surface area contributed by atoms with Gasteiger partial charge in [0.2, 0.25) is 10.0 Å². The first kappa shape index (κ1) is 19.6. The van der Waals surface area contributed by atoms with Crippen molar-refractivity contribution in [3.05, 3.63) is 53.6 Å². The SMILES string of the molecule is O=C(COc1ccc(S(=O)(=O)N2CCOCC2)cc1)Nc1ccc(Cl)cc1. The molecular formula is C18H19ClN2O5S. The zero-order valence-electron chi connectivity index (χ0n) is 14.4. The van der Waals surface area contributed by atoms with E-state index in [2.05, 4.69) is 5.32 Å². The molecule has 1 aliphatic heterocycles. The molecule has 3 rings (SSSR count). The van der Waals surface area contributed by atoms with Crippen LogP contribution in [0.25, 0.3) is 0 Å². The second-order valence-electron chi connectivity index (χ2n) is 5.83. The van der Waals surface area contributed by atoms with Gasteiger partial charge in [-0.2, -0.15) is 4.31 Å². The summed E-state index contributed by atoms with van der Waals surface area (Å²) in [7, 11) is -3.55. The molecule has 1 N–H and O–H groups in total. The number of nitrogens with zero attached hydrogens (tertiary/aromatic N) is 1. The normalized spacial score (nSPS) is 15.3. The Labute approximate surface area is 162 Å². The number of sulfonamides is 1. The van der Waals surface area contributed by atoms with Crippen LogP contribution in [0.4, 0.5) is 5.69 Å². The molecule has 9 heteroatoms. The molecule has 27 heavy (non-hydrogen) atoms. The molecule has 1 fully saturated rings. The maximum atomic E-state index is 12.5. The fraction of sp³-hybridized carbons (Fsp3) is 0.278. The molecule has 0 spiro atoms. The van der Waals surface area contributed by atoms with Crippen LogP contribution in [0.3, 0.4) is 0 Å². The van der Waals surface area contributed by atoms with Gasteiger partial charge in [0, 0.05) is 23.8 Å². The van der Waals surface area contributed by atoms with Crippen LogP contribution in [0.15, 0.2) is 53.4 Å². The Morgan fingerprint density at radius 3 is 2.33 bits per heavy atom. The quantitative estimate of drug-likeness (QED) is 0.790. The Balaban J connectivity index is 1.55. The summed E-state index contributed by atoms with van der Waals surface area (Å²) < 4.78 is 37.1. The zero-order valence-corrected chi connectivity index (χ0v) is 16.0. The molecule has 1 aliphatic rings. The largest absolute Gasteiger partial charge is 0.484 e. The van der Waals surface area contributed by atoms with Crippen molar-refractivity contribution in [3.8, 4) is 5.75 Å². The number of hydrogen-bond acceptors (Lipinski definition) is 5. The fourth-order valence-electron chi connectivity index (χ4n) is 2.52.